The van der Waals surface area contributed by atoms with Gasteiger partial charge in [0.25, 0.3) is 0 Å². The van der Waals surface area contributed by atoms with Gasteiger partial charge in [0.2, 0.25) is 5.91 Å². The van der Waals surface area contributed by atoms with Crippen LogP contribution in [0, 0.1) is 5.92 Å². The van der Waals surface area contributed by atoms with Gasteiger partial charge in [-0.1, -0.05) is 13.8 Å². The summed E-state index contributed by atoms with van der Waals surface area (Å²) in [6, 6.07) is 0.311. The molecule has 0 bridgehead atoms. The fourth-order valence-electron chi connectivity index (χ4n) is 1.57. The normalized spacial score (nSPS) is 17.2. The maximum absolute atomic E-state index is 11.7. The summed E-state index contributed by atoms with van der Waals surface area (Å²) >= 11 is 0. The molecule has 0 aliphatic heterocycles. The lowest BCUT2D eigenvalue weighted by molar-refractivity contribution is -0.143. The Balaban J connectivity index is 2.50. The van der Waals surface area contributed by atoms with E-state index in [2.05, 4.69) is 0 Å². The molecule has 0 spiro atoms. The summed E-state index contributed by atoms with van der Waals surface area (Å²) in [5.74, 6) is -1.19. The van der Waals surface area contributed by atoms with E-state index in [-0.39, 0.29) is 5.91 Å². The van der Waals surface area contributed by atoms with Crippen LogP contribution in [0.3, 0.4) is 0 Å². The molecule has 1 fully saturated rings. The highest BCUT2D eigenvalue weighted by Gasteiger charge is 2.33. The van der Waals surface area contributed by atoms with Gasteiger partial charge in [-0.25, -0.2) is 0 Å². The van der Waals surface area contributed by atoms with Gasteiger partial charge in [-0.2, -0.15) is 0 Å². The van der Waals surface area contributed by atoms with Crippen LogP contribution in [0.15, 0.2) is 0 Å². The molecule has 0 saturated heterocycles. The summed E-state index contributed by atoms with van der Waals surface area (Å²) in [6.45, 7) is 3.97. The first-order chi connectivity index (χ1) is 7.06. The average Bonchev–Trinajstić information content (AvgIpc) is 2.97. The molecule has 86 valence electrons. The largest absolute Gasteiger partial charge is 0.481 e. The van der Waals surface area contributed by atoms with Crippen molar-refractivity contribution in [1.82, 2.24) is 4.90 Å². The predicted molar refractivity (Wildman–Crippen MR) is 56.4 cm³/mol. The number of nitrogens with zero attached hydrogens (tertiary/aromatic N) is 1. The van der Waals surface area contributed by atoms with Gasteiger partial charge >= 0.3 is 5.97 Å². The molecule has 1 aliphatic carbocycles. The van der Waals surface area contributed by atoms with Crippen molar-refractivity contribution < 1.29 is 14.7 Å². The van der Waals surface area contributed by atoms with Gasteiger partial charge in [0.05, 0.1) is 5.92 Å². The molecular formula is C11H19NO3. The Kier molecular flexibility index (Phi) is 4.12. The van der Waals surface area contributed by atoms with E-state index in [1.165, 1.54) is 0 Å². The average molecular weight is 213 g/mol. The number of aliphatic carboxylic acids is 1. The molecule has 0 aromatic heterocycles. The number of carboxylic acids is 1. The highest BCUT2D eigenvalue weighted by molar-refractivity contribution is 5.78. The van der Waals surface area contributed by atoms with Crippen LogP contribution in [0.4, 0.5) is 0 Å². The zero-order valence-corrected chi connectivity index (χ0v) is 9.40. The molecule has 1 atom stereocenters. The second kappa shape index (κ2) is 5.14. The minimum Gasteiger partial charge on any atom is -0.481 e. The van der Waals surface area contributed by atoms with Crippen LogP contribution in [-0.2, 0) is 9.59 Å². The van der Waals surface area contributed by atoms with E-state index in [9.17, 15) is 9.59 Å². The molecule has 1 rings (SSSR count). The van der Waals surface area contributed by atoms with Crippen molar-refractivity contribution in [2.24, 2.45) is 5.92 Å². The molecule has 1 N–H and O–H groups in total. The Hall–Kier alpha value is -1.06. The van der Waals surface area contributed by atoms with E-state index in [4.69, 9.17) is 5.11 Å². The topological polar surface area (TPSA) is 57.6 Å². The van der Waals surface area contributed by atoms with E-state index >= 15 is 0 Å². The van der Waals surface area contributed by atoms with Gasteiger partial charge in [0.15, 0.2) is 0 Å². The van der Waals surface area contributed by atoms with Gasteiger partial charge in [0, 0.05) is 19.0 Å². The minimum absolute atomic E-state index is 0.105. The smallest absolute Gasteiger partial charge is 0.308 e. The number of carboxylic acid groups (broad SMARTS) is 1. The van der Waals surface area contributed by atoms with Crippen LogP contribution >= 0.6 is 0 Å². The SMILES string of the molecule is CCCC(=O)N(CC(C)C(=O)O)C1CC1. The second-order valence-corrected chi connectivity index (χ2v) is 4.27. The number of hydrogen-bond donors (Lipinski definition) is 1. The molecular weight excluding hydrogens is 194 g/mol. The molecule has 4 nitrogen and oxygen atoms in total. The third-order valence-electron chi connectivity index (χ3n) is 2.66. The Morgan fingerprint density at radius 2 is 2.07 bits per heavy atom. The van der Waals surface area contributed by atoms with E-state index in [0.29, 0.717) is 19.0 Å². The Morgan fingerprint density at radius 1 is 1.47 bits per heavy atom. The first kappa shape index (κ1) is 12.0. The number of carbonyl (C=O) groups excluding carboxylic acids is 1. The zero-order valence-electron chi connectivity index (χ0n) is 9.40. The van der Waals surface area contributed by atoms with Gasteiger partial charge in [-0.15, -0.1) is 0 Å². The lowest BCUT2D eigenvalue weighted by atomic mass is 10.1. The van der Waals surface area contributed by atoms with Crippen molar-refractivity contribution in [3.63, 3.8) is 0 Å². The number of amides is 1. The monoisotopic (exact) mass is 213 g/mol. The highest BCUT2D eigenvalue weighted by Crippen LogP contribution is 2.28. The molecule has 4 heteroatoms. The Bertz CT molecular complexity index is 248. The molecule has 1 amide bonds. The van der Waals surface area contributed by atoms with Crippen LogP contribution in [-0.4, -0.2) is 34.5 Å². The van der Waals surface area contributed by atoms with Crippen molar-refractivity contribution in [1.29, 1.82) is 0 Å². The summed E-state index contributed by atoms with van der Waals surface area (Å²) < 4.78 is 0. The van der Waals surface area contributed by atoms with Gasteiger partial charge in [-0.05, 0) is 19.3 Å². The number of rotatable bonds is 6. The lowest BCUT2D eigenvalue weighted by Crippen LogP contribution is -2.38. The predicted octanol–water partition coefficient (Wildman–Crippen LogP) is 1.50. The number of hydrogen-bond acceptors (Lipinski definition) is 2. The van der Waals surface area contributed by atoms with Gasteiger partial charge in [-0.3, -0.25) is 9.59 Å². The second-order valence-electron chi connectivity index (χ2n) is 4.27. The molecule has 15 heavy (non-hydrogen) atoms. The molecule has 1 unspecified atom stereocenters. The fourth-order valence-corrected chi connectivity index (χ4v) is 1.57. The van der Waals surface area contributed by atoms with Crippen LogP contribution in [0.2, 0.25) is 0 Å². The van der Waals surface area contributed by atoms with Crippen LogP contribution in [0.5, 0.6) is 0 Å². The summed E-state index contributed by atoms with van der Waals surface area (Å²) in [7, 11) is 0. The van der Waals surface area contributed by atoms with Crippen molar-refractivity contribution in [3.8, 4) is 0 Å². The molecule has 0 aromatic rings. The maximum Gasteiger partial charge on any atom is 0.308 e. The van der Waals surface area contributed by atoms with Gasteiger partial charge in [0.1, 0.15) is 0 Å². The zero-order chi connectivity index (χ0) is 11.4. The Morgan fingerprint density at radius 3 is 2.47 bits per heavy atom. The summed E-state index contributed by atoms with van der Waals surface area (Å²) in [6.07, 6.45) is 3.41. The van der Waals surface area contributed by atoms with E-state index < -0.39 is 11.9 Å². The molecule has 1 aliphatic rings. The lowest BCUT2D eigenvalue weighted by Gasteiger charge is -2.24. The molecule has 0 heterocycles. The van der Waals surface area contributed by atoms with E-state index in [0.717, 1.165) is 19.3 Å². The standard InChI is InChI=1S/C11H19NO3/c1-3-4-10(13)12(9-5-6-9)7-8(2)11(14)15/h8-9H,3-7H2,1-2H3,(H,14,15). The molecule has 0 aromatic carbocycles. The third kappa shape index (κ3) is 3.53. The van der Waals surface area contributed by atoms with Crippen molar-refractivity contribution in [3.05, 3.63) is 0 Å². The first-order valence-corrected chi connectivity index (χ1v) is 5.58. The van der Waals surface area contributed by atoms with Crippen molar-refractivity contribution >= 4 is 11.9 Å². The minimum atomic E-state index is -0.829. The number of carbonyl (C=O) groups is 2. The van der Waals surface area contributed by atoms with Crippen LogP contribution in [0.25, 0.3) is 0 Å². The van der Waals surface area contributed by atoms with Crippen molar-refractivity contribution in [2.45, 2.75) is 45.6 Å². The summed E-state index contributed by atoms with van der Waals surface area (Å²) in [5.41, 5.74) is 0. The molecule has 1 saturated carbocycles. The first-order valence-electron chi connectivity index (χ1n) is 5.58. The van der Waals surface area contributed by atoms with Crippen molar-refractivity contribution in [2.75, 3.05) is 6.54 Å². The summed E-state index contributed by atoms with van der Waals surface area (Å²) in [5, 5.41) is 8.81. The fraction of sp³-hybridized carbons (Fsp3) is 0.818. The molecule has 0 radical (unpaired) electrons. The van der Waals surface area contributed by atoms with E-state index in [1.54, 1.807) is 11.8 Å². The quantitative estimate of drug-likeness (QED) is 0.727. The van der Waals surface area contributed by atoms with Crippen LogP contribution < -0.4 is 0 Å². The van der Waals surface area contributed by atoms with E-state index in [1.807, 2.05) is 6.92 Å². The summed E-state index contributed by atoms with van der Waals surface area (Å²) in [4.78, 5) is 24.2. The Labute approximate surface area is 90.3 Å². The third-order valence-corrected chi connectivity index (χ3v) is 2.66. The highest BCUT2D eigenvalue weighted by atomic mass is 16.4. The van der Waals surface area contributed by atoms with Gasteiger partial charge < -0.3 is 10.0 Å². The maximum atomic E-state index is 11.7. The van der Waals surface area contributed by atoms with Crippen LogP contribution in [0.1, 0.15) is 39.5 Å².